The van der Waals surface area contributed by atoms with Crippen LogP contribution in [0.25, 0.3) is 0 Å². The van der Waals surface area contributed by atoms with Crippen molar-refractivity contribution in [3.63, 3.8) is 0 Å². The van der Waals surface area contributed by atoms with Crippen molar-refractivity contribution in [2.75, 3.05) is 13.6 Å². The van der Waals surface area contributed by atoms with Crippen molar-refractivity contribution >= 4 is 21.8 Å². The van der Waals surface area contributed by atoms with Gasteiger partial charge in [-0.3, -0.25) is 4.79 Å². The molecule has 0 atom stereocenters. The summed E-state index contributed by atoms with van der Waals surface area (Å²) in [6, 6.07) is 8.05. The number of benzene rings is 1. The fraction of sp³-hybridized carbons (Fsp3) is 0.562. The van der Waals surface area contributed by atoms with Crippen LogP contribution in [0, 0.1) is 5.41 Å². The molecule has 3 nitrogen and oxygen atoms in total. The van der Waals surface area contributed by atoms with Crippen molar-refractivity contribution < 1.29 is 4.79 Å². The minimum Gasteiger partial charge on any atom is -0.341 e. The summed E-state index contributed by atoms with van der Waals surface area (Å²) in [6.07, 6.45) is 2.42. The zero-order valence-corrected chi connectivity index (χ0v) is 14.2. The highest BCUT2D eigenvalue weighted by molar-refractivity contribution is 9.10. The summed E-state index contributed by atoms with van der Waals surface area (Å²) in [7, 11) is 1.86. The highest BCUT2D eigenvalue weighted by Gasteiger charge is 2.19. The SMILES string of the molecule is CN(Cc1cccc(Br)c1)C(=O)CCC(C)(C)CCN. The summed E-state index contributed by atoms with van der Waals surface area (Å²) in [6.45, 7) is 5.66. The van der Waals surface area contributed by atoms with Crippen LogP contribution in [-0.4, -0.2) is 24.4 Å². The van der Waals surface area contributed by atoms with Crippen LogP contribution < -0.4 is 5.73 Å². The number of carbonyl (C=O) groups excluding carboxylic acids is 1. The smallest absolute Gasteiger partial charge is 0.222 e. The third kappa shape index (κ3) is 6.06. The molecule has 112 valence electrons. The number of nitrogens with zero attached hydrogens (tertiary/aromatic N) is 1. The first-order chi connectivity index (χ1) is 9.34. The molecule has 0 saturated carbocycles. The van der Waals surface area contributed by atoms with Gasteiger partial charge in [0.2, 0.25) is 5.91 Å². The number of amides is 1. The largest absolute Gasteiger partial charge is 0.341 e. The third-order valence-corrected chi connectivity index (χ3v) is 4.06. The molecule has 0 aromatic heterocycles. The summed E-state index contributed by atoms with van der Waals surface area (Å²) in [5.41, 5.74) is 6.87. The topological polar surface area (TPSA) is 46.3 Å². The lowest BCUT2D eigenvalue weighted by atomic mass is 9.84. The lowest BCUT2D eigenvalue weighted by Crippen LogP contribution is -2.28. The second-order valence-corrected chi connectivity index (χ2v) is 7.00. The van der Waals surface area contributed by atoms with Crippen LogP contribution in [0.3, 0.4) is 0 Å². The average molecular weight is 341 g/mol. The molecule has 0 bridgehead atoms. The van der Waals surface area contributed by atoms with Crippen LogP contribution in [0.1, 0.15) is 38.7 Å². The van der Waals surface area contributed by atoms with E-state index in [1.165, 1.54) is 0 Å². The fourth-order valence-corrected chi connectivity index (χ4v) is 2.60. The molecule has 0 aliphatic heterocycles. The molecule has 1 rings (SSSR count). The second-order valence-electron chi connectivity index (χ2n) is 6.08. The van der Waals surface area contributed by atoms with E-state index in [9.17, 15) is 4.79 Å². The first kappa shape index (κ1) is 17.2. The van der Waals surface area contributed by atoms with Gasteiger partial charge in [-0.25, -0.2) is 0 Å². The molecule has 0 fully saturated rings. The molecular weight excluding hydrogens is 316 g/mol. The van der Waals surface area contributed by atoms with Crippen LogP contribution in [0.15, 0.2) is 28.7 Å². The molecule has 0 radical (unpaired) electrons. The van der Waals surface area contributed by atoms with Gasteiger partial charge >= 0.3 is 0 Å². The normalized spacial score (nSPS) is 11.4. The van der Waals surface area contributed by atoms with Gasteiger partial charge < -0.3 is 10.6 Å². The number of halogens is 1. The second kappa shape index (κ2) is 7.79. The molecule has 0 aliphatic carbocycles. The van der Waals surface area contributed by atoms with E-state index >= 15 is 0 Å². The van der Waals surface area contributed by atoms with Crippen molar-refractivity contribution in [2.24, 2.45) is 11.1 Å². The summed E-state index contributed by atoms with van der Waals surface area (Å²) >= 11 is 3.45. The van der Waals surface area contributed by atoms with E-state index in [-0.39, 0.29) is 11.3 Å². The van der Waals surface area contributed by atoms with E-state index < -0.39 is 0 Å². The van der Waals surface area contributed by atoms with Crippen molar-refractivity contribution in [2.45, 2.75) is 39.7 Å². The highest BCUT2D eigenvalue weighted by Crippen LogP contribution is 2.26. The maximum absolute atomic E-state index is 12.2. The molecule has 1 amide bonds. The summed E-state index contributed by atoms with van der Waals surface area (Å²) in [5.74, 6) is 0.190. The van der Waals surface area contributed by atoms with Crippen LogP contribution >= 0.6 is 15.9 Å². The Labute approximate surface area is 130 Å². The van der Waals surface area contributed by atoms with Crippen molar-refractivity contribution in [3.8, 4) is 0 Å². The van der Waals surface area contributed by atoms with Crippen molar-refractivity contribution in [1.82, 2.24) is 4.90 Å². The van der Waals surface area contributed by atoms with E-state index in [0.29, 0.717) is 19.5 Å². The standard InChI is InChI=1S/C16H25BrN2O/c1-16(2,9-10-18)8-7-15(20)19(3)12-13-5-4-6-14(17)11-13/h4-6,11H,7-10,12,18H2,1-3H3. The van der Waals surface area contributed by atoms with Gasteiger partial charge in [-0.2, -0.15) is 0 Å². The Morgan fingerprint density at radius 3 is 2.65 bits per heavy atom. The maximum atomic E-state index is 12.2. The molecule has 0 spiro atoms. The van der Waals surface area contributed by atoms with Gasteiger partial charge in [0, 0.05) is 24.5 Å². The minimum atomic E-state index is 0.140. The van der Waals surface area contributed by atoms with Crippen LogP contribution in [0.5, 0.6) is 0 Å². The van der Waals surface area contributed by atoms with Crippen molar-refractivity contribution in [3.05, 3.63) is 34.3 Å². The first-order valence-electron chi connectivity index (χ1n) is 7.02. The van der Waals surface area contributed by atoms with Gasteiger partial charge in [-0.1, -0.05) is 41.9 Å². The number of carbonyl (C=O) groups is 1. The monoisotopic (exact) mass is 340 g/mol. The number of hydrogen-bond acceptors (Lipinski definition) is 2. The number of hydrogen-bond donors (Lipinski definition) is 1. The molecule has 1 aromatic carbocycles. The lowest BCUT2D eigenvalue weighted by molar-refractivity contribution is -0.131. The van der Waals surface area contributed by atoms with Crippen LogP contribution in [0.2, 0.25) is 0 Å². The Morgan fingerprint density at radius 2 is 2.05 bits per heavy atom. The predicted octanol–water partition coefficient (Wildman–Crippen LogP) is 3.56. The molecule has 2 N–H and O–H groups in total. The van der Waals surface area contributed by atoms with Gasteiger partial charge in [-0.15, -0.1) is 0 Å². The quantitative estimate of drug-likeness (QED) is 0.824. The first-order valence-corrected chi connectivity index (χ1v) is 7.82. The summed E-state index contributed by atoms with van der Waals surface area (Å²) in [4.78, 5) is 14.0. The highest BCUT2D eigenvalue weighted by atomic mass is 79.9. The fourth-order valence-electron chi connectivity index (χ4n) is 2.15. The molecule has 0 aliphatic rings. The molecule has 1 aromatic rings. The van der Waals surface area contributed by atoms with Gasteiger partial charge in [-0.05, 0) is 42.5 Å². The summed E-state index contributed by atoms with van der Waals surface area (Å²) < 4.78 is 1.04. The third-order valence-electron chi connectivity index (χ3n) is 3.57. The Morgan fingerprint density at radius 1 is 1.35 bits per heavy atom. The molecule has 0 heterocycles. The Balaban J connectivity index is 2.47. The van der Waals surface area contributed by atoms with Gasteiger partial charge in [0.25, 0.3) is 0 Å². The summed E-state index contributed by atoms with van der Waals surface area (Å²) in [5, 5.41) is 0. The van der Waals surface area contributed by atoms with E-state index in [1.54, 1.807) is 4.90 Å². The zero-order valence-electron chi connectivity index (χ0n) is 12.7. The van der Waals surface area contributed by atoms with Gasteiger partial charge in [0.15, 0.2) is 0 Å². The maximum Gasteiger partial charge on any atom is 0.222 e. The van der Waals surface area contributed by atoms with Crippen LogP contribution in [0.4, 0.5) is 0 Å². The number of nitrogens with two attached hydrogens (primary N) is 1. The lowest BCUT2D eigenvalue weighted by Gasteiger charge is -2.25. The molecule has 4 heteroatoms. The Kier molecular flexibility index (Phi) is 6.69. The van der Waals surface area contributed by atoms with Gasteiger partial charge in [0.05, 0.1) is 0 Å². The minimum absolute atomic E-state index is 0.140. The van der Waals surface area contributed by atoms with Crippen LogP contribution in [-0.2, 0) is 11.3 Å². The molecule has 0 saturated heterocycles. The van der Waals surface area contributed by atoms with Crippen molar-refractivity contribution in [1.29, 1.82) is 0 Å². The molecule has 0 unspecified atom stereocenters. The number of rotatable bonds is 7. The Bertz CT molecular complexity index is 446. The van der Waals surface area contributed by atoms with E-state index in [1.807, 2.05) is 31.3 Å². The zero-order chi connectivity index (χ0) is 15.2. The van der Waals surface area contributed by atoms with E-state index in [0.717, 1.165) is 22.9 Å². The predicted molar refractivity (Wildman–Crippen MR) is 87.3 cm³/mol. The molecular formula is C16H25BrN2O. The van der Waals surface area contributed by atoms with E-state index in [2.05, 4.69) is 29.8 Å². The average Bonchev–Trinajstić information content (AvgIpc) is 2.36. The van der Waals surface area contributed by atoms with E-state index in [4.69, 9.17) is 5.73 Å². The van der Waals surface area contributed by atoms with Gasteiger partial charge in [0.1, 0.15) is 0 Å². The molecule has 20 heavy (non-hydrogen) atoms. The Hall–Kier alpha value is -0.870.